The van der Waals surface area contributed by atoms with Crippen LogP contribution in [0.15, 0.2) is 60.7 Å². The second-order valence-electron chi connectivity index (χ2n) is 9.03. The summed E-state index contributed by atoms with van der Waals surface area (Å²) in [5.41, 5.74) is 0.638. The summed E-state index contributed by atoms with van der Waals surface area (Å²) in [7, 11) is 0. The minimum Gasteiger partial charge on any atom is -0.486 e. The molecule has 2 rings (SSSR count). The highest BCUT2D eigenvalue weighted by molar-refractivity contribution is 5.77. The number of para-hydroxylation sites is 1. The van der Waals surface area contributed by atoms with E-state index in [0.717, 1.165) is 18.6 Å². The monoisotopic (exact) mass is 440 g/mol. The van der Waals surface area contributed by atoms with E-state index in [9.17, 15) is 9.59 Å². The normalized spacial score (nSPS) is 14.2. The van der Waals surface area contributed by atoms with E-state index in [2.05, 4.69) is 19.1 Å². The van der Waals surface area contributed by atoms with Gasteiger partial charge in [0.25, 0.3) is 0 Å². The van der Waals surface area contributed by atoms with Crippen LogP contribution in [0.2, 0.25) is 0 Å². The van der Waals surface area contributed by atoms with Gasteiger partial charge in [-0.15, -0.1) is 0 Å². The first-order valence-corrected chi connectivity index (χ1v) is 11.3. The zero-order chi connectivity index (χ0) is 23.6. The summed E-state index contributed by atoms with van der Waals surface area (Å²) in [5, 5.41) is 0. The van der Waals surface area contributed by atoms with Gasteiger partial charge in [-0.05, 0) is 58.2 Å². The lowest BCUT2D eigenvalue weighted by Crippen LogP contribution is -2.40. The van der Waals surface area contributed by atoms with Crippen LogP contribution in [0.4, 0.5) is 0 Å². The van der Waals surface area contributed by atoms with Crippen LogP contribution in [0.1, 0.15) is 59.4 Å². The number of hydrogen-bond donors (Lipinski definition) is 0. The van der Waals surface area contributed by atoms with Crippen LogP contribution in [0.5, 0.6) is 5.75 Å². The summed E-state index contributed by atoms with van der Waals surface area (Å²) in [6.45, 7) is 9.37. The Kier molecular flexibility index (Phi) is 9.76. The Labute approximate surface area is 192 Å². The van der Waals surface area contributed by atoms with Gasteiger partial charge in [-0.1, -0.05) is 55.5 Å². The number of carbonyl (C=O) groups excluding carboxylic acids is 2. The van der Waals surface area contributed by atoms with Crippen molar-refractivity contribution in [3.63, 3.8) is 0 Å². The van der Waals surface area contributed by atoms with Gasteiger partial charge in [0.05, 0.1) is 12.8 Å². The maximum absolute atomic E-state index is 12.5. The van der Waals surface area contributed by atoms with Crippen molar-refractivity contribution in [3.05, 3.63) is 66.2 Å². The Morgan fingerprint density at radius 3 is 2.00 bits per heavy atom. The number of benzene rings is 2. The number of carbonyl (C=O) groups is 2. The molecule has 0 aliphatic carbocycles. The van der Waals surface area contributed by atoms with Gasteiger partial charge in [0.15, 0.2) is 0 Å². The topological polar surface area (TPSA) is 61.8 Å². The Morgan fingerprint density at radius 1 is 0.875 bits per heavy atom. The van der Waals surface area contributed by atoms with Gasteiger partial charge in [-0.2, -0.15) is 0 Å². The molecule has 0 heterocycles. The van der Waals surface area contributed by atoms with Crippen LogP contribution in [-0.2, 0) is 25.5 Å². The van der Waals surface area contributed by atoms with Crippen molar-refractivity contribution in [1.29, 1.82) is 0 Å². The maximum Gasteiger partial charge on any atom is 0.306 e. The highest BCUT2D eigenvalue weighted by atomic mass is 16.6. The predicted molar refractivity (Wildman–Crippen MR) is 125 cm³/mol. The highest BCUT2D eigenvalue weighted by Crippen LogP contribution is 2.25. The molecule has 0 amide bonds. The Morgan fingerprint density at radius 2 is 1.44 bits per heavy atom. The zero-order valence-corrected chi connectivity index (χ0v) is 19.9. The highest BCUT2D eigenvalue weighted by Gasteiger charge is 2.31. The molecule has 0 fully saturated rings. The van der Waals surface area contributed by atoms with E-state index in [-0.39, 0.29) is 24.9 Å². The molecule has 0 saturated carbocycles. The van der Waals surface area contributed by atoms with E-state index in [0.29, 0.717) is 0 Å². The minimum absolute atomic E-state index is 0.00570. The Hall–Kier alpha value is -2.82. The molecule has 0 bridgehead atoms. The number of hydrogen-bond acceptors (Lipinski definition) is 5. The lowest BCUT2D eigenvalue weighted by Gasteiger charge is -2.32. The number of rotatable bonds is 11. The average molecular weight is 441 g/mol. The van der Waals surface area contributed by atoms with Gasteiger partial charge in [-0.3, -0.25) is 9.59 Å². The molecule has 0 unspecified atom stereocenters. The quantitative estimate of drug-likeness (QED) is 0.416. The van der Waals surface area contributed by atoms with Crippen LogP contribution >= 0.6 is 0 Å². The molecule has 2 aromatic carbocycles. The molecule has 174 valence electrons. The van der Waals surface area contributed by atoms with Gasteiger partial charge in [0.2, 0.25) is 0 Å². The molecule has 0 saturated heterocycles. The van der Waals surface area contributed by atoms with Crippen molar-refractivity contribution in [2.45, 2.75) is 78.1 Å². The number of esters is 2. The van der Waals surface area contributed by atoms with Crippen LogP contribution in [0.3, 0.4) is 0 Å². The fraction of sp³-hybridized carbons (Fsp3) is 0.481. The van der Waals surface area contributed by atoms with Gasteiger partial charge in [0, 0.05) is 5.92 Å². The fourth-order valence-corrected chi connectivity index (χ4v) is 3.57. The second-order valence-corrected chi connectivity index (χ2v) is 9.03. The standard InChI is InChI=1S/C27H36O5/c1-6-22(19-21-13-9-7-10-14-21)26(31-23-15-11-8-12-16-23)20(2)30-24(28)17-18-25(29)32-27(3,4)5/h7-16,20,22,26H,6,17-19H2,1-5H3/t20-,22+,26-/m0/s1. The maximum atomic E-state index is 12.5. The third-order valence-electron chi connectivity index (χ3n) is 5.08. The van der Waals surface area contributed by atoms with Crippen LogP contribution in [0.25, 0.3) is 0 Å². The van der Waals surface area contributed by atoms with Gasteiger partial charge >= 0.3 is 11.9 Å². The zero-order valence-electron chi connectivity index (χ0n) is 19.9. The summed E-state index contributed by atoms with van der Waals surface area (Å²) >= 11 is 0. The van der Waals surface area contributed by atoms with Gasteiger partial charge < -0.3 is 14.2 Å². The molecule has 0 spiro atoms. The molecule has 0 N–H and O–H groups in total. The molecule has 5 nitrogen and oxygen atoms in total. The first kappa shape index (κ1) is 25.4. The molecule has 0 aromatic heterocycles. The third-order valence-corrected chi connectivity index (χ3v) is 5.08. The summed E-state index contributed by atoms with van der Waals surface area (Å²) in [4.78, 5) is 24.4. The molecule has 2 aromatic rings. The van der Waals surface area contributed by atoms with Gasteiger partial charge in [0.1, 0.15) is 23.6 Å². The summed E-state index contributed by atoms with van der Waals surface area (Å²) in [6, 6.07) is 19.8. The van der Waals surface area contributed by atoms with Crippen molar-refractivity contribution in [1.82, 2.24) is 0 Å². The molecule has 32 heavy (non-hydrogen) atoms. The number of ether oxygens (including phenoxy) is 3. The summed E-state index contributed by atoms with van der Waals surface area (Å²) < 4.78 is 17.3. The van der Waals surface area contributed by atoms with E-state index in [1.165, 1.54) is 5.56 Å². The fourth-order valence-electron chi connectivity index (χ4n) is 3.57. The van der Waals surface area contributed by atoms with Crippen molar-refractivity contribution >= 4 is 11.9 Å². The Bertz CT molecular complexity index is 826. The molecular weight excluding hydrogens is 404 g/mol. The molecule has 0 aliphatic heterocycles. The minimum atomic E-state index is -0.575. The third kappa shape index (κ3) is 9.13. The second kappa shape index (κ2) is 12.3. The van der Waals surface area contributed by atoms with Gasteiger partial charge in [-0.25, -0.2) is 0 Å². The van der Waals surface area contributed by atoms with Crippen LogP contribution in [0, 0.1) is 5.92 Å². The predicted octanol–water partition coefficient (Wildman–Crippen LogP) is 5.76. The largest absolute Gasteiger partial charge is 0.486 e. The summed E-state index contributed by atoms with van der Waals surface area (Å²) in [5.74, 6) is 0.0428. The van der Waals surface area contributed by atoms with E-state index in [1.54, 1.807) is 20.8 Å². The van der Waals surface area contributed by atoms with Crippen molar-refractivity contribution in [2.24, 2.45) is 5.92 Å². The lowest BCUT2D eigenvalue weighted by atomic mass is 9.89. The molecule has 5 heteroatoms. The SMILES string of the molecule is CC[C@H](Cc1ccccc1)[C@@H](Oc1ccccc1)[C@H](C)OC(=O)CCC(=O)OC(C)(C)C. The Balaban J connectivity index is 2.06. The van der Waals surface area contributed by atoms with Crippen molar-refractivity contribution in [2.75, 3.05) is 0 Å². The molecule has 0 radical (unpaired) electrons. The first-order chi connectivity index (χ1) is 15.2. The summed E-state index contributed by atoms with van der Waals surface area (Å²) in [6.07, 6.45) is 0.852. The lowest BCUT2D eigenvalue weighted by molar-refractivity contribution is -0.161. The molecule has 0 aliphatic rings. The van der Waals surface area contributed by atoms with E-state index < -0.39 is 23.6 Å². The average Bonchev–Trinajstić information content (AvgIpc) is 2.75. The van der Waals surface area contributed by atoms with Crippen molar-refractivity contribution in [3.8, 4) is 5.75 Å². The first-order valence-electron chi connectivity index (χ1n) is 11.3. The van der Waals surface area contributed by atoms with Crippen molar-refractivity contribution < 1.29 is 23.8 Å². The van der Waals surface area contributed by atoms with E-state index in [1.807, 2.05) is 55.5 Å². The smallest absolute Gasteiger partial charge is 0.306 e. The van der Waals surface area contributed by atoms with E-state index in [4.69, 9.17) is 14.2 Å². The molecular formula is C27H36O5. The van der Waals surface area contributed by atoms with Crippen LogP contribution in [-0.4, -0.2) is 29.7 Å². The van der Waals surface area contributed by atoms with E-state index >= 15 is 0 Å². The van der Waals surface area contributed by atoms with Crippen LogP contribution < -0.4 is 4.74 Å². The molecule has 3 atom stereocenters.